The van der Waals surface area contributed by atoms with Gasteiger partial charge >= 0.3 is 0 Å². The molecule has 3 aromatic rings. The molecule has 2 aromatic heterocycles. The van der Waals surface area contributed by atoms with Gasteiger partial charge in [-0.25, -0.2) is 4.98 Å². The smallest absolute Gasteiger partial charge is 0.261 e. The van der Waals surface area contributed by atoms with Gasteiger partial charge in [0.15, 0.2) is 0 Å². The fourth-order valence-corrected chi connectivity index (χ4v) is 3.86. The molecule has 0 spiro atoms. The van der Waals surface area contributed by atoms with Crippen molar-refractivity contribution in [1.29, 1.82) is 0 Å². The molecule has 1 saturated heterocycles. The fraction of sp³-hybridized carbons (Fsp3) is 0.409. The third-order valence-electron chi connectivity index (χ3n) is 5.31. The number of benzene rings is 1. The van der Waals surface area contributed by atoms with Crippen LogP contribution in [0.25, 0.3) is 22.0 Å². The Morgan fingerprint density at radius 3 is 2.90 bits per heavy atom. The zero-order chi connectivity index (χ0) is 19.5. The maximum Gasteiger partial charge on any atom is 0.261 e. The van der Waals surface area contributed by atoms with Crippen LogP contribution in [-0.2, 0) is 6.54 Å². The molecule has 3 heterocycles. The molecule has 0 radical (unpaired) electrons. The average Bonchev–Trinajstić information content (AvgIpc) is 2.72. The van der Waals surface area contributed by atoms with Crippen LogP contribution >= 0.6 is 0 Å². The minimum Gasteiger partial charge on any atom is -0.392 e. The van der Waals surface area contributed by atoms with Crippen LogP contribution in [0.2, 0.25) is 0 Å². The lowest BCUT2D eigenvalue weighted by molar-refractivity contribution is 0.0539. The number of aliphatic hydroxyl groups excluding tert-OH is 2. The molecule has 0 aliphatic carbocycles. The highest BCUT2D eigenvalue weighted by molar-refractivity contribution is 5.93. The summed E-state index contributed by atoms with van der Waals surface area (Å²) in [5, 5.41) is 24.3. The van der Waals surface area contributed by atoms with Gasteiger partial charge in [0.05, 0.1) is 36.0 Å². The maximum absolute atomic E-state index is 13.1. The largest absolute Gasteiger partial charge is 0.392 e. The lowest BCUT2D eigenvalue weighted by Crippen LogP contribution is -2.47. The molecular formula is C22H28N4O3. The molecule has 3 atom stereocenters. The van der Waals surface area contributed by atoms with Gasteiger partial charge in [-0.1, -0.05) is 25.6 Å². The molecule has 3 N–H and O–H groups in total. The predicted molar refractivity (Wildman–Crippen MR) is 114 cm³/mol. The summed E-state index contributed by atoms with van der Waals surface area (Å²) >= 11 is 0. The van der Waals surface area contributed by atoms with Gasteiger partial charge < -0.3 is 15.5 Å². The van der Waals surface area contributed by atoms with Gasteiger partial charge in [-0.3, -0.25) is 14.3 Å². The van der Waals surface area contributed by atoms with E-state index in [0.717, 1.165) is 30.5 Å². The first-order chi connectivity index (χ1) is 13.6. The first-order valence-electron chi connectivity index (χ1n) is 9.61. The second kappa shape index (κ2) is 9.26. The van der Waals surface area contributed by atoms with Crippen molar-refractivity contribution in [2.75, 3.05) is 6.54 Å². The second-order valence-electron chi connectivity index (χ2n) is 7.30. The fourth-order valence-electron chi connectivity index (χ4n) is 3.86. The first-order valence-corrected chi connectivity index (χ1v) is 9.61. The van der Waals surface area contributed by atoms with Crippen molar-refractivity contribution in [3.8, 4) is 11.1 Å². The lowest BCUT2D eigenvalue weighted by Gasteiger charge is -2.30. The zero-order valence-electron chi connectivity index (χ0n) is 15.5. The SMILES string of the molecule is C.O=c1c2c(-c3cccnc3)cccc2ncn1C[C@@H](O)C[C@H]1NCCC[C@@H]1O. The molecule has 1 aliphatic rings. The Hall–Kier alpha value is -2.61. The third-order valence-corrected chi connectivity index (χ3v) is 5.31. The number of nitrogens with zero attached hydrogens (tertiary/aromatic N) is 3. The van der Waals surface area contributed by atoms with Crippen molar-refractivity contribution in [3.05, 3.63) is 59.4 Å². The molecule has 1 aliphatic heterocycles. The summed E-state index contributed by atoms with van der Waals surface area (Å²) in [6, 6.07) is 9.13. The summed E-state index contributed by atoms with van der Waals surface area (Å²) in [5.41, 5.74) is 2.04. The highest BCUT2D eigenvalue weighted by atomic mass is 16.3. The van der Waals surface area contributed by atoms with E-state index >= 15 is 0 Å². The normalized spacial score (nSPS) is 20.2. The number of fused-ring (bicyclic) bond motifs is 1. The van der Waals surface area contributed by atoms with Crippen LogP contribution < -0.4 is 10.9 Å². The molecule has 0 amide bonds. The Morgan fingerprint density at radius 2 is 2.14 bits per heavy atom. The van der Waals surface area contributed by atoms with Crippen molar-refractivity contribution in [1.82, 2.24) is 19.9 Å². The van der Waals surface area contributed by atoms with Crippen molar-refractivity contribution in [2.24, 2.45) is 0 Å². The molecule has 1 aromatic carbocycles. The topological polar surface area (TPSA) is 100 Å². The molecule has 1 fully saturated rings. The molecule has 0 unspecified atom stereocenters. The molecule has 7 heteroatoms. The van der Waals surface area contributed by atoms with E-state index < -0.39 is 12.2 Å². The van der Waals surface area contributed by atoms with Gasteiger partial charge in [0.25, 0.3) is 5.56 Å². The van der Waals surface area contributed by atoms with E-state index in [1.807, 2.05) is 24.3 Å². The predicted octanol–water partition coefficient (Wildman–Crippen LogP) is 1.96. The highest BCUT2D eigenvalue weighted by Crippen LogP contribution is 2.24. The first kappa shape index (κ1) is 21.1. The Morgan fingerprint density at radius 1 is 1.28 bits per heavy atom. The van der Waals surface area contributed by atoms with E-state index in [4.69, 9.17) is 0 Å². The summed E-state index contributed by atoms with van der Waals surface area (Å²) in [6.07, 6.45) is 5.71. The summed E-state index contributed by atoms with van der Waals surface area (Å²) in [6.45, 7) is 0.967. The van der Waals surface area contributed by atoms with Crippen molar-refractivity contribution in [2.45, 2.75) is 51.5 Å². The van der Waals surface area contributed by atoms with Gasteiger partial charge in [-0.2, -0.15) is 0 Å². The summed E-state index contributed by atoms with van der Waals surface area (Å²) in [4.78, 5) is 21.7. The van der Waals surface area contributed by atoms with Crippen molar-refractivity contribution < 1.29 is 10.2 Å². The Kier molecular flexibility index (Phi) is 6.74. The molecule has 154 valence electrons. The van der Waals surface area contributed by atoms with Gasteiger partial charge in [-0.15, -0.1) is 0 Å². The monoisotopic (exact) mass is 396 g/mol. The number of rotatable bonds is 5. The molecule has 29 heavy (non-hydrogen) atoms. The zero-order valence-corrected chi connectivity index (χ0v) is 15.5. The van der Waals surface area contributed by atoms with Crippen LogP contribution in [0.15, 0.2) is 53.8 Å². The van der Waals surface area contributed by atoms with E-state index in [1.165, 1.54) is 10.9 Å². The van der Waals surface area contributed by atoms with E-state index in [1.54, 1.807) is 18.5 Å². The standard InChI is InChI=1S/C21H24N4O3.CH4/c26-15(10-18-19(27)7-3-9-23-18)12-25-13-24-17-6-1-5-16(20(17)21(25)28)14-4-2-8-22-11-14;/h1-2,4-6,8,11,13,15,18-19,23,26-27H,3,7,9-10,12H2;1H4/t15-,18+,19-;/m0./s1. The highest BCUT2D eigenvalue weighted by Gasteiger charge is 2.25. The number of aliphatic hydroxyl groups is 2. The minimum absolute atomic E-state index is 0. The summed E-state index contributed by atoms with van der Waals surface area (Å²) in [7, 11) is 0. The quantitative estimate of drug-likeness (QED) is 0.610. The Balaban J connectivity index is 0.00000240. The van der Waals surface area contributed by atoms with Gasteiger partial charge in [0.2, 0.25) is 0 Å². The van der Waals surface area contributed by atoms with Gasteiger partial charge in [-0.05, 0) is 43.5 Å². The van der Waals surface area contributed by atoms with Crippen molar-refractivity contribution in [3.63, 3.8) is 0 Å². The minimum atomic E-state index is -0.757. The van der Waals surface area contributed by atoms with Crippen LogP contribution in [0.1, 0.15) is 26.7 Å². The number of nitrogens with one attached hydrogen (secondary N) is 1. The lowest BCUT2D eigenvalue weighted by atomic mass is 9.96. The van der Waals surface area contributed by atoms with E-state index in [0.29, 0.717) is 17.3 Å². The van der Waals surface area contributed by atoms with Gasteiger partial charge in [0.1, 0.15) is 0 Å². The van der Waals surface area contributed by atoms with Crippen molar-refractivity contribution >= 4 is 10.9 Å². The number of hydrogen-bond acceptors (Lipinski definition) is 6. The van der Waals surface area contributed by atoms with Gasteiger partial charge in [0, 0.05) is 24.0 Å². The van der Waals surface area contributed by atoms with E-state index in [9.17, 15) is 15.0 Å². The van der Waals surface area contributed by atoms with E-state index in [2.05, 4.69) is 15.3 Å². The van der Waals surface area contributed by atoms with E-state index in [-0.39, 0.29) is 25.6 Å². The Labute approximate surface area is 170 Å². The molecule has 4 rings (SSSR count). The number of hydrogen-bond donors (Lipinski definition) is 3. The molecule has 0 bridgehead atoms. The Bertz CT molecular complexity index is 1010. The molecule has 0 saturated carbocycles. The average molecular weight is 396 g/mol. The van der Waals surface area contributed by atoms with Crippen LogP contribution in [-0.4, -0.2) is 49.5 Å². The van der Waals surface area contributed by atoms with Crippen LogP contribution in [0, 0.1) is 0 Å². The molecule has 7 nitrogen and oxygen atoms in total. The number of pyridine rings is 1. The maximum atomic E-state index is 13.1. The number of aromatic nitrogens is 3. The molecular weight excluding hydrogens is 368 g/mol. The van der Waals surface area contributed by atoms with Crippen LogP contribution in [0.5, 0.6) is 0 Å². The summed E-state index contributed by atoms with van der Waals surface area (Å²) < 4.78 is 1.45. The van der Waals surface area contributed by atoms with Crippen LogP contribution in [0.3, 0.4) is 0 Å². The van der Waals surface area contributed by atoms with Crippen LogP contribution in [0.4, 0.5) is 0 Å². The number of piperidine rings is 1. The third kappa shape index (κ3) is 4.53. The second-order valence-corrected chi connectivity index (χ2v) is 7.30. The summed E-state index contributed by atoms with van der Waals surface area (Å²) in [5.74, 6) is 0.